The fourth-order valence-corrected chi connectivity index (χ4v) is 1.33. The Hall–Kier alpha value is -0.830. The average Bonchev–Trinajstić information content (AvgIpc) is 2.31. The molecule has 2 nitrogen and oxygen atoms in total. The van der Waals surface area contributed by atoms with Crippen LogP contribution in [0, 0.1) is 6.92 Å². The van der Waals surface area contributed by atoms with Crippen molar-refractivity contribution in [2.24, 2.45) is 4.99 Å². The van der Waals surface area contributed by atoms with Crippen LogP contribution in [0.5, 0.6) is 0 Å². The molecule has 0 aliphatic heterocycles. The van der Waals surface area contributed by atoms with Crippen molar-refractivity contribution in [1.29, 1.82) is 0 Å². The van der Waals surface area contributed by atoms with Crippen LogP contribution in [0.3, 0.4) is 0 Å². The molecule has 0 spiro atoms. The van der Waals surface area contributed by atoms with Gasteiger partial charge >= 0.3 is 0 Å². The number of rotatable bonds is 2. The summed E-state index contributed by atoms with van der Waals surface area (Å²) in [5.74, 6) is 0. The van der Waals surface area contributed by atoms with Crippen molar-refractivity contribution < 1.29 is 0 Å². The van der Waals surface area contributed by atoms with Crippen molar-refractivity contribution in [2.45, 2.75) is 6.92 Å². The Morgan fingerprint density at radius 3 is 2.73 bits per heavy atom. The van der Waals surface area contributed by atoms with Crippen molar-refractivity contribution in [1.82, 2.24) is 4.90 Å². The second-order valence-electron chi connectivity index (χ2n) is 2.57. The van der Waals surface area contributed by atoms with Crippen LogP contribution in [-0.4, -0.2) is 25.3 Å². The van der Waals surface area contributed by atoms with E-state index >= 15 is 0 Å². The molecule has 1 aromatic heterocycles. The molecule has 0 saturated heterocycles. The van der Waals surface area contributed by atoms with Crippen molar-refractivity contribution >= 4 is 23.4 Å². The lowest BCUT2D eigenvalue weighted by Crippen LogP contribution is -2.06. The summed E-state index contributed by atoms with van der Waals surface area (Å²) in [4.78, 5) is 7.47. The van der Waals surface area contributed by atoms with E-state index in [2.05, 4.69) is 17.3 Å². The van der Waals surface area contributed by atoms with Crippen molar-refractivity contribution in [3.05, 3.63) is 16.3 Å². The normalized spacial score (nSPS) is 10.8. The summed E-state index contributed by atoms with van der Waals surface area (Å²) in [6.45, 7) is 2.08. The predicted molar refractivity (Wildman–Crippen MR) is 50.9 cm³/mol. The number of thiophene rings is 1. The van der Waals surface area contributed by atoms with E-state index in [-0.39, 0.29) is 0 Å². The van der Waals surface area contributed by atoms with Crippen LogP contribution in [0.4, 0.5) is 5.69 Å². The van der Waals surface area contributed by atoms with Crippen LogP contribution in [0.25, 0.3) is 0 Å². The molecule has 0 amide bonds. The third kappa shape index (κ3) is 2.35. The molecule has 11 heavy (non-hydrogen) atoms. The third-order valence-electron chi connectivity index (χ3n) is 1.26. The largest absolute Gasteiger partial charge is 0.369 e. The molecule has 0 atom stereocenters. The lowest BCUT2D eigenvalue weighted by molar-refractivity contribution is 0.643. The molecule has 0 saturated carbocycles. The van der Waals surface area contributed by atoms with Gasteiger partial charge in [0.2, 0.25) is 0 Å². The maximum Gasteiger partial charge on any atom is 0.0907 e. The van der Waals surface area contributed by atoms with Crippen LogP contribution >= 0.6 is 11.3 Å². The van der Waals surface area contributed by atoms with Gasteiger partial charge in [0.05, 0.1) is 12.0 Å². The Labute approximate surface area is 71.2 Å². The molecule has 1 rings (SSSR count). The summed E-state index contributed by atoms with van der Waals surface area (Å²) in [5, 5.41) is 2.05. The first-order valence-electron chi connectivity index (χ1n) is 3.45. The Morgan fingerprint density at radius 1 is 1.55 bits per heavy atom. The van der Waals surface area contributed by atoms with E-state index in [0.717, 1.165) is 5.69 Å². The van der Waals surface area contributed by atoms with Gasteiger partial charge in [0.1, 0.15) is 0 Å². The molecule has 0 aromatic carbocycles. The Balaban J connectivity index is 2.71. The van der Waals surface area contributed by atoms with Gasteiger partial charge in [-0.15, -0.1) is 11.3 Å². The van der Waals surface area contributed by atoms with Gasteiger partial charge < -0.3 is 4.90 Å². The third-order valence-corrected chi connectivity index (χ3v) is 2.09. The fourth-order valence-electron chi connectivity index (χ4n) is 0.690. The van der Waals surface area contributed by atoms with Crippen LogP contribution in [0.1, 0.15) is 4.88 Å². The van der Waals surface area contributed by atoms with E-state index in [0.29, 0.717) is 0 Å². The first-order chi connectivity index (χ1) is 5.20. The van der Waals surface area contributed by atoms with E-state index < -0.39 is 0 Å². The molecule has 0 fully saturated rings. The summed E-state index contributed by atoms with van der Waals surface area (Å²) < 4.78 is 0. The van der Waals surface area contributed by atoms with Gasteiger partial charge in [0.15, 0.2) is 0 Å². The number of nitrogens with zero attached hydrogens (tertiary/aromatic N) is 2. The molecule has 3 heteroatoms. The highest BCUT2D eigenvalue weighted by atomic mass is 32.1. The maximum absolute atomic E-state index is 4.28. The first kappa shape index (κ1) is 8.27. The zero-order valence-corrected chi connectivity index (χ0v) is 7.85. The molecule has 0 aliphatic rings. The summed E-state index contributed by atoms with van der Waals surface area (Å²) in [5.41, 5.74) is 1.07. The lowest BCUT2D eigenvalue weighted by Gasteiger charge is -2.01. The average molecular weight is 168 g/mol. The van der Waals surface area contributed by atoms with E-state index in [9.17, 15) is 0 Å². The van der Waals surface area contributed by atoms with E-state index in [1.54, 1.807) is 11.3 Å². The van der Waals surface area contributed by atoms with Crippen LogP contribution < -0.4 is 0 Å². The van der Waals surface area contributed by atoms with Crippen molar-refractivity contribution in [3.8, 4) is 0 Å². The smallest absolute Gasteiger partial charge is 0.0907 e. The van der Waals surface area contributed by atoms with Gasteiger partial charge in [-0.1, -0.05) is 0 Å². The highest BCUT2D eigenvalue weighted by Crippen LogP contribution is 2.22. The number of hydrogen-bond acceptors (Lipinski definition) is 2. The van der Waals surface area contributed by atoms with Gasteiger partial charge in [-0.3, -0.25) is 0 Å². The topological polar surface area (TPSA) is 15.6 Å². The quantitative estimate of drug-likeness (QED) is 0.488. The summed E-state index contributed by atoms with van der Waals surface area (Å²) in [6.07, 6.45) is 1.81. The highest BCUT2D eigenvalue weighted by molar-refractivity contribution is 7.10. The lowest BCUT2D eigenvalue weighted by atomic mass is 10.4. The number of hydrogen-bond donors (Lipinski definition) is 0. The van der Waals surface area contributed by atoms with Gasteiger partial charge in [0.25, 0.3) is 0 Å². The monoisotopic (exact) mass is 168 g/mol. The minimum absolute atomic E-state index is 1.07. The van der Waals surface area contributed by atoms with Crippen LogP contribution in [-0.2, 0) is 0 Å². The summed E-state index contributed by atoms with van der Waals surface area (Å²) in [6, 6.07) is 2.03. The second kappa shape index (κ2) is 3.53. The highest BCUT2D eigenvalue weighted by Gasteiger charge is 1.93. The summed E-state index contributed by atoms with van der Waals surface area (Å²) in [7, 11) is 3.93. The molecule has 60 valence electrons. The molecule has 0 radical (unpaired) electrons. The van der Waals surface area contributed by atoms with Gasteiger partial charge in [0, 0.05) is 19.0 Å². The van der Waals surface area contributed by atoms with E-state index in [1.165, 1.54) is 4.88 Å². The minimum atomic E-state index is 1.07. The second-order valence-corrected chi connectivity index (χ2v) is 3.69. The SMILES string of the molecule is Cc1sccc1N=CN(C)C. The molecule has 0 aliphatic carbocycles. The molecule has 0 unspecified atom stereocenters. The van der Waals surface area contributed by atoms with Crippen molar-refractivity contribution in [3.63, 3.8) is 0 Å². The maximum atomic E-state index is 4.28. The fraction of sp³-hybridized carbons (Fsp3) is 0.375. The molecular formula is C8H12N2S. The Morgan fingerprint density at radius 2 is 2.27 bits per heavy atom. The number of aryl methyl sites for hydroxylation is 1. The first-order valence-corrected chi connectivity index (χ1v) is 4.33. The predicted octanol–water partition coefficient (Wildman–Crippen LogP) is 2.28. The van der Waals surface area contributed by atoms with Crippen LogP contribution in [0.15, 0.2) is 16.4 Å². The molecule has 0 bridgehead atoms. The Bertz CT molecular complexity index is 250. The molecule has 0 N–H and O–H groups in total. The van der Waals surface area contributed by atoms with E-state index in [4.69, 9.17) is 0 Å². The van der Waals surface area contributed by atoms with E-state index in [1.807, 2.05) is 31.4 Å². The van der Waals surface area contributed by atoms with Crippen molar-refractivity contribution in [2.75, 3.05) is 14.1 Å². The summed E-state index contributed by atoms with van der Waals surface area (Å²) >= 11 is 1.72. The van der Waals surface area contributed by atoms with Crippen LogP contribution in [0.2, 0.25) is 0 Å². The zero-order valence-electron chi connectivity index (χ0n) is 7.03. The Kier molecular flexibility index (Phi) is 2.65. The molecular weight excluding hydrogens is 156 g/mol. The van der Waals surface area contributed by atoms with Gasteiger partial charge in [-0.2, -0.15) is 0 Å². The standard InChI is InChI=1S/C8H12N2S/c1-7-8(4-5-11-7)9-6-10(2)3/h4-6H,1-3H3. The zero-order chi connectivity index (χ0) is 8.27. The number of aliphatic imine (C=N–C) groups is 1. The molecule has 1 heterocycles. The van der Waals surface area contributed by atoms with Gasteiger partial charge in [-0.05, 0) is 18.4 Å². The van der Waals surface area contributed by atoms with Gasteiger partial charge in [-0.25, -0.2) is 4.99 Å². The minimum Gasteiger partial charge on any atom is -0.369 e. The molecule has 1 aromatic rings.